The SMILES string of the molecule is CN=C(NCCc1nc(-c2ccco2)n[nH]1)N1CCC(CC(=O)NC)CC1. The largest absolute Gasteiger partial charge is 0.461 e. The van der Waals surface area contributed by atoms with E-state index >= 15 is 0 Å². The summed E-state index contributed by atoms with van der Waals surface area (Å²) in [5.41, 5.74) is 0. The molecule has 27 heavy (non-hydrogen) atoms. The van der Waals surface area contributed by atoms with Crippen molar-refractivity contribution in [3.63, 3.8) is 0 Å². The number of amides is 1. The van der Waals surface area contributed by atoms with Crippen LogP contribution < -0.4 is 10.6 Å². The summed E-state index contributed by atoms with van der Waals surface area (Å²) in [5, 5.41) is 13.2. The van der Waals surface area contributed by atoms with Gasteiger partial charge in [0.2, 0.25) is 11.7 Å². The molecule has 1 aliphatic heterocycles. The number of aliphatic imine (C=N–C) groups is 1. The molecule has 0 unspecified atom stereocenters. The maximum Gasteiger partial charge on any atom is 0.220 e. The maximum absolute atomic E-state index is 11.5. The van der Waals surface area contributed by atoms with Crippen molar-refractivity contribution < 1.29 is 9.21 Å². The van der Waals surface area contributed by atoms with Crippen LogP contribution in [-0.4, -0.2) is 65.7 Å². The van der Waals surface area contributed by atoms with E-state index in [9.17, 15) is 4.79 Å². The molecule has 0 saturated carbocycles. The molecule has 0 spiro atoms. The molecule has 9 nitrogen and oxygen atoms in total. The highest BCUT2D eigenvalue weighted by Gasteiger charge is 2.23. The van der Waals surface area contributed by atoms with E-state index in [1.807, 2.05) is 12.1 Å². The summed E-state index contributed by atoms with van der Waals surface area (Å²) in [6.07, 6.45) is 4.93. The van der Waals surface area contributed by atoms with Crippen LogP contribution in [0.5, 0.6) is 0 Å². The van der Waals surface area contributed by atoms with E-state index < -0.39 is 0 Å². The highest BCUT2D eigenvalue weighted by Crippen LogP contribution is 2.20. The Kier molecular flexibility index (Phi) is 6.45. The third kappa shape index (κ3) is 5.08. The van der Waals surface area contributed by atoms with Gasteiger partial charge in [-0.2, -0.15) is 5.10 Å². The fourth-order valence-electron chi connectivity index (χ4n) is 3.26. The lowest BCUT2D eigenvalue weighted by Gasteiger charge is -2.34. The minimum Gasteiger partial charge on any atom is -0.461 e. The summed E-state index contributed by atoms with van der Waals surface area (Å²) in [6, 6.07) is 3.65. The number of aromatic nitrogens is 3. The molecule has 0 atom stereocenters. The predicted molar refractivity (Wildman–Crippen MR) is 102 cm³/mol. The number of nitrogens with one attached hydrogen (secondary N) is 3. The van der Waals surface area contributed by atoms with Crippen LogP contribution in [0.25, 0.3) is 11.6 Å². The Morgan fingerprint density at radius 1 is 1.44 bits per heavy atom. The molecule has 3 rings (SSSR count). The standard InChI is InChI=1S/C18H27N7O2/c1-19-16(26)12-13-6-9-25(10-7-13)18(20-2)21-8-5-15-22-17(24-23-15)14-4-3-11-27-14/h3-4,11,13H,5-10,12H2,1-2H3,(H,19,26)(H,20,21)(H,22,23,24). The number of hydrogen-bond acceptors (Lipinski definition) is 5. The van der Waals surface area contributed by atoms with Crippen LogP contribution in [0.3, 0.4) is 0 Å². The van der Waals surface area contributed by atoms with E-state index in [-0.39, 0.29) is 5.91 Å². The monoisotopic (exact) mass is 373 g/mol. The molecule has 3 N–H and O–H groups in total. The second-order valence-electron chi connectivity index (χ2n) is 6.61. The van der Waals surface area contributed by atoms with Gasteiger partial charge < -0.3 is 20.0 Å². The van der Waals surface area contributed by atoms with Gasteiger partial charge in [-0.15, -0.1) is 0 Å². The first-order chi connectivity index (χ1) is 13.2. The Labute approximate surface area is 158 Å². The number of guanidine groups is 1. The summed E-state index contributed by atoms with van der Waals surface area (Å²) in [6.45, 7) is 2.52. The zero-order chi connectivity index (χ0) is 19.1. The lowest BCUT2D eigenvalue weighted by molar-refractivity contribution is -0.121. The van der Waals surface area contributed by atoms with E-state index in [1.54, 1.807) is 20.4 Å². The second-order valence-corrected chi connectivity index (χ2v) is 6.61. The molecule has 0 radical (unpaired) electrons. The molecular formula is C18H27N7O2. The molecule has 146 valence electrons. The van der Waals surface area contributed by atoms with Crippen molar-refractivity contribution in [2.24, 2.45) is 10.9 Å². The Balaban J connectivity index is 1.43. The number of nitrogens with zero attached hydrogens (tertiary/aromatic N) is 4. The van der Waals surface area contributed by atoms with Crippen LogP contribution in [0.1, 0.15) is 25.1 Å². The van der Waals surface area contributed by atoms with E-state index in [2.05, 4.69) is 35.7 Å². The van der Waals surface area contributed by atoms with E-state index in [0.717, 1.165) is 37.7 Å². The van der Waals surface area contributed by atoms with Gasteiger partial charge in [0.25, 0.3) is 0 Å². The molecule has 2 aromatic heterocycles. The van der Waals surface area contributed by atoms with Gasteiger partial charge in [-0.3, -0.25) is 14.9 Å². The lowest BCUT2D eigenvalue weighted by atomic mass is 9.93. The number of hydrogen-bond donors (Lipinski definition) is 3. The van der Waals surface area contributed by atoms with Gasteiger partial charge in [0.05, 0.1) is 6.26 Å². The fraction of sp³-hybridized carbons (Fsp3) is 0.556. The van der Waals surface area contributed by atoms with Gasteiger partial charge in [0, 0.05) is 46.6 Å². The van der Waals surface area contributed by atoms with Crippen LogP contribution in [0.4, 0.5) is 0 Å². The number of aromatic amines is 1. The third-order valence-corrected chi connectivity index (χ3v) is 4.80. The molecule has 3 heterocycles. The number of carbonyl (C=O) groups excluding carboxylic acids is 1. The van der Waals surface area contributed by atoms with Gasteiger partial charge in [-0.05, 0) is 30.9 Å². The number of carbonyl (C=O) groups is 1. The third-order valence-electron chi connectivity index (χ3n) is 4.80. The smallest absolute Gasteiger partial charge is 0.220 e. The van der Waals surface area contributed by atoms with Crippen LogP contribution >= 0.6 is 0 Å². The topological polar surface area (TPSA) is 111 Å². The maximum atomic E-state index is 11.5. The highest BCUT2D eigenvalue weighted by molar-refractivity contribution is 5.80. The van der Waals surface area contributed by atoms with E-state index in [4.69, 9.17) is 4.42 Å². The molecule has 0 aromatic carbocycles. The molecule has 0 bridgehead atoms. The van der Waals surface area contributed by atoms with Gasteiger partial charge in [0.1, 0.15) is 5.82 Å². The lowest BCUT2D eigenvalue weighted by Crippen LogP contribution is -2.46. The summed E-state index contributed by atoms with van der Waals surface area (Å²) in [5.74, 6) is 3.48. The Hall–Kier alpha value is -2.84. The Morgan fingerprint density at radius 2 is 2.26 bits per heavy atom. The number of likely N-dealkylation sites (tertiary alicyclic amines) is 1. The molecule has 2 aromatic rings. The van der Waals surface area contributed by atoms with Gasteiger partial charge in [-0.25, -0.2) is 4.98 Å². The normalized spacial score (nSPS) is 15.8. The van der Waals surface area contributed by atoms with E-state index in [1.165, 1.54) is 0 Å². The summed E-state index contributed by atoms with van der Waals surface area (Å²) < 4.78 is 5.30. The average Bonchev–Trinajstić information content (AvgIpc) is 3.37. The van der Waals surface area contributed by atoms with Crippen LogP contribution in [-0.2, 0) is 11.2 Å². The number of furan rings is 1. The minimum atomic E-state index is 0.122. The Bertz CT molecular complexity index is 746. The molecular weight excluding hydrogens is 346 g/mol. The van der Waals surface area contributed by atoms with Crippen LogP contribution in [0, 0.1) is 5.92 Å². The van der Waals surface area contributed by atoms with Crippen molar-refractivity contribution >= 4 is 11.9 Å². The van der Waals surface area contributed by atoms with Crippen molar-refractivity contribution in [1.82, 2.24) is 30.7 Å². The predicted octanol–water partition coefficient (Wildman–Crippen LogP) is 1.03. The fourth-order valence-corrected chi connectivity index (χ4v) is 3.26. The van der Waals surface area contributed by atoms with Crippen LogP contribution in [0.2, 0.25) is 0 Å². The van der Waals surface area contributed by atoms with E-state index in [0.29, 0.717) is 36.9 Å². The zero-order valence-electron chi connectivity index (χ0n) is 15.9. The quantitative estimate of drug-likeness (QED) is 0.515. The molecule has 1 saturated heterocycles. The minimum absolute atomic E-state index is 0.122. The molecule has 9 heteroatoms. The molecule has 1 fully saturated rings. The number of piperidine rings is 1. The number of rotatable bonds is 6. The van der Waals surface area contributed by atoms with Crippen molar-refractivity contribution in [1.29, 1.82) is 0 Å². The first kappa shape index (κ1) is 18.9. The summed E-state index contributed by atoms with van der Waals surface area (Å²) in [7, 11) is 3.48. The zero-order valence-corrected chi connectivity index (χ0v) is 15.9. The van der Waals surface area contributed by atoms with Crippen molar-refractivity contribution in [3.05, 3.63) is 24.2 Å². The van der Waals surface area contributed by atoms with Gasteiger partial charge in [-0.1, -0.05) is 0 Å². The first-order valence-electron chi connectivity index (χ1n) is 9.31. The second kappa shape index (κ2) is 9.20. The number of H-pyrrole nitrogens is 1. The van der Waals surface area contributed by atoms with Gasteiger partial charge in [0.15, 0.2) is 11.7 Å². The van der Waals surface area contributed by atoms with Crippen molar-refractivity contribution in [2.75, 3.05) is 33.7 Å². The van der Waals surface area contributed by atoms with Gasteiger partial charge >= 0.3 is 0 Å². The van der Waals surface area contributed by atoms with Crippen LogP contribution in [0.15, 0.2) is 27.8 Å². The molecule has 1 aliphatic rings. The summed E-state index contributed by atoms with van der Waals surface area (Å²) in [4.78, 5) is 22.6. The molecule has 0 aliphatic carbocycles. The average molecular weight is 373 g/mol. The summed E-state index contributed by atoms with van der Waals surface area (Å²) >= 11 is 0. The van der Waals surface area contributed by atoms with Crippen molar-refractivity contribution in [2.45, 2.75) is 25.7 Å². The first-order valence-corrected chi connectivity index (χ1v) is 9.31. The van der Waals surface area contributed by atoms with Crippen molar-refractivity contribution in [3.8, 4) is 11.6 Å². The Morgan fingerprint density at radius 3 is 2.93 bits per heavy atom. The molecule has 1 amide bonds. The highest BCUT2D eigenvalue weighted by atomic mass is 16.3.